The van der Waals surface area contributed by atoms with Gasteiger partial charge in [-0.05, 0) is 58.4 Å². The normalized spacial score (nSPS) is 32.0. The number of nitrogens with zero attached hydrogens (tertiary/aromatic N) is 1. The first-order chi connectivity index (χ1) is 11.4. The van der Waals surface area contributed by atoms with Gasteiger partial charge >= 0.3 is 5.97 Å². The largest absolute Gasteiger partial charge is 0.481 e. The molecule has 2 N–H and O–H groups in total. The van der Waals surface area contributed by atoms with E-state index in [1.807, 2.05) is 0 Å². The number of hydrogen-bond acceptors (Lipinski definition) is 3. The molecular formula is C19H34N2O3. The van der Waals surface area contributed by atoms with Crippen molar-refractivity contribution in [2.75, 3.05) is 6.54 Å². The third-order valence-corrected chi connectivity index (χ3v) is 6.03. The van der Waals surface area contributed by atoms with Crippen LogP contribution in [-0.2, 0) is 9.59 Å². The minimum atomic E-state index is -0.717. The molecule has 0 aromatic rings. The van der Waals surface area contributed by atoms with Crippen molar-refractivity contribution in [3.63, 3.8) is 0 Å². The predicted octanol–water partition coefficient (Wildman–Crippen LogP) is 3.04. The van der Waals surface area contributed by atoms with Gasteiger partial charge in [0.1, 0.15) is 0 Å². The van der Waals surface area contributed by atoms with Crippen LogP contribution in [0.25, 0.3) is 0 Å². The Hall–Kier alpha value is -1.10. The van der Waals surface area contributed by atoms with Crippen molar-refractivity contribution in [3.8, 4) is 0 Å². The Morgan fingerprint density at radius 1 is 1.29 bits per heavy atom. The molecule has 2 fully saturated rings. The second-order valence-electron chi connectivity index (χ2n) is 7.76. The molecule has 0 spiro atoms. The summed E-state index contributed by atoms with van der Waals surface area (Å²) < 4.78 is 0. The number of carboxylic acid groups (broad SMARTS) is 1. The minimum absolute atomic E-state index is 0.120. The summed E-state index contributed by atoms with van der Waals surface area (Å²) >= 11 is 0. The van der Waals surface area contributed by atoms with Crippen LogP contribution in [0.4, 0.5) is 0 Å². The molecule has 24 heavy (non-hydrogen) atoms. The van der Waals surface area contributed by atoms with Crippen LogP contribution in [0.5, 0.6) is 0 Å². The molecule has 1 saturated heterocycles. The lowest BCUT2D eigenvalue weighted by molar-refractivity contribution is -0.137. The number of carbonyl (C=O) groups is 2. The first-order valence-electron chi connectivity index (χ1n) is 9.72. The number of likely N-dealkylation sites (tertiary alicyclic amines) is 1. The monoisotopic (exact) mass is 338 g/mol. The molecule has 1 aliphatic heterocycles. The number of amides is 1. The van der Waals surface area contributed by atoms with Gasteiger partial charge in [-0.2, -0.15) is 0 Å². The van der Waals surface area contributed by atoms with Crippen LogP contribution in [-0.4, -0.2) is 46.6 Å². The van der Waals surface area contributed by atoms with Crippen molar-refractivity contribution in [2.24, 2.45) is 11.8 Å². The molecule has 138 valence electrons. The van der Waals surface area contributed by atoms with E-state index in [2.05, 4.69) is 31.0 Å². The summed E-state index contributed by atoms with van der Waals surface area (Å²) in [4.78, 5) is 26.1. The third kappa shape index (κ3) is 4.71. The molecule has 5 heteroatoms. The number of rotatable bonds is 7. The number of aliphatic carboxylic acids is 1. The van der Waals surface area contributed by atoms with Gasteiger partial charge in [-0.25, -0.2) is 0 Å². The van der Waals surface area contributed by atoms with E-state index in [9.17, 15) is 9.59 Å². The van der Waals surface area contributed by atoms with Crippen molar-refractivity contribution in [2.45, 2.75) is 90.3 Å². The van der Waals surface area contributed by atoms with Crippen LogP contribution in [0.2, 0.25) is 0 Å². The van der Waals surface area contributed by atoms with Crippen LogP contribution in [0.3, 0.4) is 0 Å². The van der Waals surface area contributed by atoms with Crippen molar-refractivity contribution in [1.82, 2.24) is 10.2 Å². The highest BCUT2D eigenvalue weighted by molar-refractivity contribution is 5.79. The fraction of sp³-hybridized carbons (Fsp3) is 0.895. The van der Waals surface area contributed by atoms with Gasteiger partial charge in [-0.3, -0.25) is 14.5 Å². The highest BCUT2D eigenvalue weighted by Gasteiger charge is 2.44. The highest BCUT2D eigenvalue weighted by Crippen LogP contribution is 2.41. The Kier molecular flexibility index (Phi) is 7.08. The first-order valence-corrected chi connectivity index (χ1v) is 9.72. The summed E-state index contributed by atoms with van der Waals surface area (Å²) in [5.41, 5.74) is 0. The third-order valence-electron chi connectivity index (χ3n) is 6.03. The molecule has 1 saturated carbocycles. The van der Waals surface area contributed by atoms with E-state index in [1.54, 1.807) is 0 Å². The van der Waals surface area contributed by atoms with E-state index < -0.39 is 5.97 Å². The lowest BCUT2D eigenvalue weighted by Crippen LogP contribution is -2.58. The van der Waals surface area contributed by atoms with Crippen LogP contribution in [0, 0.1) is 11.8 Å². The summed E-state index contributed by atoms with van der Waals surface area (Å²) in [6.07, 6.45) is 7.51. The average molecular weight is 338 g/mol. The van der Waals surface area contributed by atoms with Gasteiger partial charge in [0.15, 0.2) is 0 Å². The molecule has 0 radical (unpaired) electrons. The van der Waals surface area contributed by atoms with Crippen LogP contribution < -0.4 is 5.32 Å². The minimum Gasteiger partial charge on any atom is -0.481 e. The molecule has 1 amide bonds. The summed E-state index contributed by atoms with van der Waals surface area (Å²) in [5, 5.41) is 12.1. The van der Waals surface area contributed by atoms with E-state index >= 15 is 0 Å². The second-order valence-corrected chi connectivity index (χ2v) is 7.76. The average Bonchev–Trinajstić information content (AvgIpc) is 2.55. The van der Waals surface area contributed by atoms with Crippen LogP contribution >= 0.6 is 0 Å². The summed E-state index contributed by atoms with van der Waals surface area (Å²) in [6.45, 7) is 7.21. The molecule has 2 rings (SSSR count). The maximum absolute atomic E-state index is 12.8. The second kappa shape index (κ2) is 8.84. The Morgan fingerprint density at radius 3 is 2.67 bits per heavy atom. The molecule has 1 aliphatic carbocycles. The maximum atomic E-state index is 12.8. The van der Waals surface area contributed by atoms with E-state index in [-0.39, 0.29) is 24.3 Å². The number of hydrogen-bond donors (Lipinski definition) is 2. The van der Waals surface area contributed by atoms with Gasteiger partial charge in [0.05, 0.1) is 0 Å². The fourth-order valence-electron chi connectivity index (χ4n) is 4.58. The van der Waals surface area contributed by atoms with Crippen molar-refractivity contribution in [3.05, 3.63) is 0 Å². The Labute approximate surface area is 146 Å². The lowest BCUT2D eigenvalue weighted by atomic mass is 9.69. The summed E-state index contributed by atoms with van der Waals surface area (Å²) in [6, 6.07) is 1.04. The zero-order chi connectivity index (χ0) is 17.7. The standard InChI is InChI=1S/C19H34N2O3/c1-4-13(2)20-19(24)16-12-14(3)21(11-7-10-18(22)23)17-9-6-5-8-15(16)17/h13-17H,4-12H2,1-3H3,(H,20,24)(H,22,23). The SMILES string of the molecule is CCC(C)NC(=O)C1CC(C)N(CCCC(=O)O)C2CCCCC12. The smallest absolute Gasteiger partial charge is 0.303 e. The predicted molar refractivity (Wildman–Crippen MR) is 94.8 cm³/mol. The Morgan fingerprint density at radius 2 is 2.00 bits per heavy atom. The van der Waals surface area contributed by atoms with Gasteiger partial charge in [0.25, 0.3) is 0 Å². The van der Waals surface area contributed by atoms with E-state index in [0.29, 0.717) is 24.4 Å². The van der Waals surface area contributed by atoms with Gasteiger partial charge in [-0.1, -0.05) is 19.8 Å². The molecule has 2 aliphatic rings. The summed E-state index contributed by atoms with van der Waals surface area (Å²) in [5.74, 6) is 0.0720. The van der Waals surface area contributed by atoms with Crippen molar-refractivity contribution >= 4 is 11.9 Å². The van der Waals surface area contributed by atoms with E-state index in [4.69, 9.17) is 5.11 Å². The number of fused-ring (bicyclic) bond motifs is 1. The lowest BCUT2D eigenvalue weighted by Gasteiger charge is -2.51. The molecule has 0 aromatic heterocycles. The van der Waals surface area contributed by atoms with Gasteiger partial charge in [0.2, 0.25) is 5.91 Å². The number of nitrogens with one attached hydrogen (secondary N) is 1. The fourth-order valence-corrected chi connectivity index (χ4v) is 4.58. The number of carboxylic acids is 1. The van der Waals surface area contributed by atoms with Crippen LogP contribution in [0.1, 0.15) is 72.1 Å². The van der Waals surface area contributed by atoms with E-state index in [1.165, 1.54) is 12.8 Å². The van der Waals surface area contributed by atoms with E-state index in [0.717, 1.165) is 32.2 Å². The molecule has 5 unspecified atom stereocenters. The van der Waals surface area contributed by atoms with Crippen LogP contribution in [0.15, 0.2) is 0 Å². The maximum Gasteiger partial charge on any atom is 0.303 e. The quantitative estimate of drug-likeness (QED) is 0.748. The summed E-state index contributed by atoms with van der Waals surface area (Å²) in [7, 11) is 0. The molecular weight excluding hydrogens is 304 g/mol. The zero-order valence-electron chi connectivity index (χ0n) is 15.5. The molecule has 0 aromatic carbocycles. The highest BCUT2D eigenvalue weighted by atomic mass is 16.4. The molecule has 1 heterocycles. The molecule has 0 bridgehead atoms. The van der Waals surface area contributed by atoms with Crippen molar-refractivity contribution in [1.29, 1.82) is 0 Å². The van der Waals surface area contributed by atoms with Gasteiger partial charge < -0.3 is 10.4 Å². The first kappa shape index (κ1) is 19.2. The van der Waals surface area contributed by atoms with Gasteiger partial charge in [0, 0.05) is 30.5 Å². The zero-order valence-corrected chi connectivity index (χ0v) is 15.5. The Balaban J connectivity index is 2.04. The number of carbonyl (C=O) groups excluding carboxylic acids is 1. The van der Waals surface area contributed by atoms with Crippen molar-refractivity contribution < 1.29 is 14.7 Å². The number of piperidine rings is 1. The Bertz CT molecular complexity index is 440. The topological polar surface area (TPSA) is 69.6 Å². The molecule has 5 atom stereocenters. The van der Waals surface area contributed by atoms with Gasteiger partial charge in [-0.15, -0.1) is 0 Å². The molecule has 5 nitrogen and oxygen atoms in total.